The largest absolute Gasteiger partial charge is 0.385 e. The average Bonchev–Trinajstić information content (AvgIpc) is 2.28. The maximum Gasteiger partial charge on any atom is 0.0914 e. The van der Waals surface area contributed by atoms with Crippen LogP contribution in [-0.4, -0.2) is 10.1 Å². The molecule has 1 aliphatic rings. The van der Waals surface area contributed by atoms with Gasteiger partial charge in [-0.3, -0.25) is 4.98 Å². The predicted molar refractivity (Wildman–Crippen MR) is 74.3 cm³/mol. The zero-order valence-electron chi connectivity index (χ0n) is 11.8. The topological polar surface area (TPSA) is 33.1 Å². The summed E-state index contributed by atoms with van der Waals surface area (Å²) in [5.74, 6) is 1.37. The van der Waals surface area contributed by atoms with Crippen LogP contribution in [0.15, 0.2) is 18.5 Å². The van der Waals surface area contributed by atoms with Crippen molar-refractivity contribution in [3.05, 3.63) is 29.6 Å². The highest BCUT2D eigenvalue weighted by atomic mass is 16.3. The van der Waals surface area contributed by atoms with Crippen LogP contribution in [0.3, 0.4) is 0 Å². The molecule has 1 saturated carbocycles. The van der Waals surface area contributed by atoms with Crippen LogP contribution in [0.25, 0.3) is 0 Å². The Morgan fingerprint density at radius 3 is 2.89 bits per heavy atom. The summed E-state index contributed by atoms with van der Waals surface area (Å²) in [5, 5.41) is 10.9. The van der Waals surface area contributed by atoms with E-state index in [9.17, 15) is 5.11 Å². The van der Waals surface area contributed by atoms with Gasteiger partial charge in [0.1, 0.15) is 0 Å². The van der Waals surface area contributed by atoms with Crippen LogP contribution < -0.4 is 0 Å². The molecule has 2 unspecified atom stereocenters. The smallest absolute Gasteiger partial charge is 0.0914 e. The van der Waals surface area contributed by atoms with Gasteiger partial charge < -0.3 is 5.11 Å². The fraction of sp³-hybridized carbons (Fsp3) is 0.688. The van der Waals surface area contributed by atoms with E-state index in [1.165, 1.54) is 12.8 Å². The summed E-state index contributed by atoms with van der Waals surface area (Å²) in [4.78, 5) is 4.23. The summed E-state index contributed by atoms with van der Waals surface area (Å²) in [5.41, 5.74) is 1.50. The number of aliphatic hydroxyl groups is 1. The quantitative estimate of drug-likeness (QED) is 0.881. The van der Waals surface area contributed by atoms with E-state index in [1.807, 2.05) is 19.3 Å². The lowest BCUT2D eigenvalue weighted by Gasteiger charge is -2.37. The number of rotatable bonds is 3. The molecule has 100 valence electrons. The van der Waals surface area contributed by atoms with Crippen molar-refractivity contribution in [3.63, 3.8) is 0 Å². The van der Waals surface area contributed by atoms with Gasteiger partial charge in [-0.15, -0.1) is 0 Å². The van der Waals surface area contributed by atoms with Crippen molar-refractivity contribution in [2.45, 2.75) is 58.5 Å². The summed E-state index contributed by atoms with van der Waals surface area (Å²) in [7, 11) is 0. The minimum Gasteiger partial charge on any atom is -0.385 e. The fourth-order valence-electron chi connectivity index (χ4n) is 3.30. The molecule has 0 bridgehead atoms. The lowest BCUT2D eigenvalue weighted by atomic mass is 9.72. The van der Waals surface area contributed by atoms with Gasteiger partial charge in [-0.2, -0.15) is 0 Å². The molecule has 2 heteroatoms. The highest BCUT2D eigenvalue weighted by Gasteiger charge is 2.36. The SMILES string of the molecule is Cc1cncc(C2(O)CCCC(CC(C)C)C2)c1. The molecule has 1 aliphatic carbocycles. The van der Waals surface area contributed by atoms with Crippen LogP contribution >= 0.6 is 0 Å². The first-order chi connectivity index (χ1) is 8.49. The first kappa shape index (κ1) is 13.5. The molecule has 0 aliphatic heterocycles. The number of aryl methyl sites for hydroxylation is 1. The summed E-state index contributed by atoms with van der Waals surface area (Å²) < 4.78 is 0. The van der Waals surface area contributed by atoms with Gasteiger partial charge in [-0.05, 0) is 50.0 Å². The van der Waals surface area contributed by atoms with Crippen LogP contribution in [0.4, 0.5) is 0 Å². The van der Waals surface area contributed by atoms with E-state index in [-0.39, 0.29) is 0 Å². The highest BCUT2D eigenvalue weighted by molar-refractivity contribution is 5.23. The summed E-state index contributed by atoms with van der Waals surface area (Å²) >= 11 is 0. The maximum atomic E-state index is 10.9. The molecule has 1 aromatic heterocycles. The lowest BCUT2D eigenvalue weighted by molar-refractivity contribution is -0.0247. The average molecular weight is 247 g/mol. The standard InChI is InChI=1S/C16H25NO/c1-12(2)7-14-5-4-6-16(18,9-14)15-8-13(3)10-17-11-15/h8,10-12,14,18H,4-7,9H2,1-3H3. The van der Waals surface area contributed by atoms with Gasteiger partial charge >= 0.3 is 0 Å². The van der Waals surface area contributed by atoms with Gasteiger partial charge in [0.2, 0.25) is 0 Å². The molecular formula is C16H25NO. The molecule has 0 radical (unpaired) electrons. The van der Waals surface area contributed by atoms with Crippen LogP contribution in [0.2, 0.25) is 0 Å². The van der Waals surface area contributed by atoms with Crippen LogP contribution in [0, 0.1) is 18.8 Å². The molecule has 0 aromatic carbocycles. The first-order valence-electron chi connectivity index (χ1n) is 7.14. The summed E-state index contributed by atoms with van der Waals surface area (Å²) in [6.45, 7) is 6.57. The number of pyridine rings is 1. The molecule has 1 aromatic rings. The third-order valence-corrected chi connectivity index (χ3v) is 4.05. The van der Waals surface area contributed by atoms with Gasteiger partial charge in [-0.1, -0.05) is 26.3 Å². The van der Waals surface area contributed by atoms with E-state index in [0.29, 0.717) is 11.8 Å². The molecular weight excluding hydrogens is 222 g/mol. The van der Waals surface area contributed by atoms with Crippen molar-refractivity contribution < 1.29 is 5.11 Å². The number of hydrogen-bond donors (Lipinski definition) is 1. The monoisotopic (exact) mass is 247 g/mol. The second-order valence-corrected chi connectivity index (χ2v) is 6.37. The third kappa shape index (κ3) is 3.11. The first-order valence-corrected chi connectivity index (χ1v) is 7.14. The Morgan fingerprint density at radius 2 is 2.22 bits per heavy atom. The molecule has 0 spiro atoms. The normalized spacial score (nSPS) is 28.6. The van der Waals surface area contributed by atoms with Gasteiger partial charge in [0.15, 0.2) is 0 Å². The molecule has 2 atom stereocenters. The Morgan fingerprint density at radius 1 is 1.44 bits per heavy atom. The predicted octanol–water partition coefficient (Wildman–Crippen LogP) is 3.81. The van der Waals surface area contributed by atoms with Crippen LogP contribution in [0.5, 0.6) is 0 Å². The van der Waals surface area contributed by atoms with Crippen molar-refractivity contribution in [1.29, 1.82) is 0 Å². The molecule has 18 heavy (non-hydrogen) atoms. The Balaban J connectivity index is 2.15. The van der Waals surface area contributed by atoms with Crippen molar-refractivity contribution in [2.24, 2.45) is 11.8 Å². The van der Waals surface area contributed by atoms with Gasteiger partial charge in [0, 0.05) is 18.0 Å². The molecule has 0 saturated heterocycles. The minimum absolute atomic E-state index is 0.642. The van der Waals surface area contributed by atoms with E-state index in [0.717, 1.165) is 30.4 Å². The highest BCUT2D eigenvalue weighted by Crippen LogP contribution is 2.41. The molecule has 2 rings (SSSR count). The Kier molecular flexibility index (Phi) is 4.06. The number of nitrogens with zero attached hydrogens (tertiary/aromatic N) is 1. The van der Waals surface area contributed by atoms with Gasteiger partial charge in [-0.25, -0.2) is 0 Å². The zero-order chi connectivity index (χ0) is 13.2. The number of aromatic nitrogens is 1. The Bertz CT molecular complexity index is 402. The molecule has 1 N–H and O–H groups in total. The van der Waals surface area contributed by atoms with Crippen LogP contribution in [0.1, 0.15) is 57.1 Å². The minimum atomic E-state index is -0.642. The van der Waals surface area contributed by atoms with E-state index in [4.69, 9.17) is 0 Å². The number of hydrogen-bond acceptors (Lipinski definition) is 2. The van der Waals surface area contributed by atoms with E-state index in [2.05, 4.69) is 24.9 Å². The third-order valence-electron chi connectivity index (χ3n) is 4.05. The Labute approximate surface area is 110 Å². The lowest BCUT2D eigenvalue weighted by Crippen LogP contribution is -2.33. The van der Waals surface area contributed by atoms with Crippen molar-refractivity contribution >= 4 is 0 Å². The second kappa shape index (κ2) is 5.40. The molecule has 0 amide bonds. The van der Waals surface area contributed by atoms with Crippen molar-refractivity contribution in [1.82, 2.24) is 4.98 Å². The van der Waals surface area contributed by atoms with Gasteiger partial charge in [0.25, 0.3) is 0 Å². The van der Waals surface area contributed by atoms with E-state index < -0.39 is 5.60 Å². The molecule has 2 nitrogen and oxygen atoms in total. The summed E-state index contributed by atoms with van der Waals surface area (Å²) in [6, 6.07) is 2.09. The van der Waals surface area contributed by atoms with Gasteiger partial charge in [0.05, 0.1) is 5.60 Å². The van der Waals surface area contributed by atoms with Crippen molar-refractivity contribution in [2.75, 3.05) is 0 Å². The van der Waals surface area contributed by atoms with E-state index in [1.54, 1.807) is 0 Å². The maximum absolute atomic E-state index is 10.9. The van der Waals surface area contributed by atoms with Crippen LogP contribution in [-0.2, 0) is 5.60 Å². The zero-order valence-corrected chi connectivity index (χ0v) is 11.8. The second-order valence-electron chi connectivity index (χ2n) is 6.37. The van der Waals surface area contributed by atoms with Crippen molar-refractivity contribution in [3.8, 4) is 0 Å². The fourth-order valence-corrected chi connectivity index (χ4v) is 3.30. The van der Waals surface area contributed by atoms with E-state index >= 15 is 0 Å². The molecule has 1 heterocycles. The Hall–Kier alpha value is -0.890. The molecule has 1 fully saturated rings. The summed E-state index contributed by atoms with van der Waals surface area (Å²) in [6.07, 6.45) is 9.08.